The third-order valence-corrected chi connectivity index (χ3v) is 7.94. The molecule has 1 nitrogen and oxygen atoms in total. The van der Waals surface area contributed by atoms with Crippen LogP contribution in [-0.4, -0.2) is 12.7 Å². The molecule has 2 aliphatic carbocycles. The van der Waals surface area contributed by atoms with Crippen molar-refractivity contribution in [1.82, 2.24) is 0 Å². The summed E-state index contributed by atoms with van der Waals surface area (Å²) in [4.78, 5) is 0. The van der Waals surface area contributed by atoms with Crippen molar-refractivity contribution < 1.29 is 4.74 Å². The highest BCUT2D eigenvalue weighted by Crippen LogP contribution is 2.41. The molecule has 0 bridgehead atoms. The van der Waals surface area contributed by atoms with Gasteiger partial charge in [-0.2, -0.15) is 0 Å². The summed E-state index contributed by atoms with van der Waals surface area (Å²) in [5.41, 5.74) is 0. The molecule has 0 aromatic heterocycles. The van der Waals surface area contributed by atoms with Crippen molar-refractivity contribution in [3.8, 4) is 0 Å². The molecule has 2 rings (SSSR count). The first-order chi connectivity index (χ1) is 12.7. The molecule has 0 radical (unpaired) electrons. The summed E-state index contributed by atoms with van der Waals surface area (Å²) in [5, 5.41) is 0. The maximum atomic E-state index is 6.25. The summed E-state index contributed by atoms with van der Waals surface area (Å²) >= 11 is 0. The lowest BCUT2D eigenvalue weighted by atomic mass is 9.69. The van der Waals surface area contributed by atoms with Gasteiger partial charge in [-0.3, -0.25) is 0 Å². The number of rotatable bonds is 11. The van der Waals surface area contributed by atoms with Crippen molar-refractivity contribution in [2.75, 3.05) is 6.61 Å². The van der Waals surface area contributed by atoms with E-state index in [1.165, 1.54) is 89.9 Å². The molecule has 0 aromatic carbocycles. The molecule has 154 valence electrons. The monoisotopic (exact) mass is 364 g/mol. The maximum Gasteiger partial charge on any atom is 0.0603 e. The van der Waals surface area contributed by atoms with Crippen molar-refractivity contribution >= 4 is 0 Å². The van der Waals surface area contributed by atoms with Gasteiger partial charge in [0.05, 0.1) is 6.10 Å². The van der Waals surface area contributed by atoms with Crippen LogP contribution in [0.5, 0.6) is 0 Å². The topological polar surface area (TPSA) is 9.23 Å². The smallest absolute Gasteiger partial charge is 0.0603 e. The number of ether oxygens (including phenoxy) is 1. The largest absolute Gasteiger partial charge is 0.378 e. The fourth-order valence-electron chi connectivity index (χ4n) is 5.65. The Kier molecular flexibility index (Phi) is 10.6. The van der Waals surface area contributed by atoms with E-state index in [9.17, 15) is 0 Å². The molecule has 0 N–H and O–H groups in total. The highest BCUT2D eigenvalue weighted by molar-refractivity contribution is 4.85. The summed E-state index contributed by atoms with van der Waals surface area (Å²) in [6.45, 7) is 10.6. The van der Waals surface area contributed by atoms with Gasteiger partial charge < -0.3 is 4.74 Å². The Hall–Kier alpha value is -0.0400. The molecule has 2 saturated carbocycles. The summed E-state index contributed by atoms with van der Waals surface area (Å²) in [6.07, 6.45) is 20.5. The minimum atomic E-state index is 0.534. The first-order valence-electron chi connectivity index (χ1n) is 12.3. The van der Waals surface area contributed by atoms with E-state index in [0.717, 1.165) is 36.2 Å². The second kappa shape index (κ2) is 12.4. The van der Waals surface area contributed by atoms with Crippen molar-refractivity contribution in [3.05, 3.63) is 0 Å². The molecular weight excluding hydrogens is 316 g/mol. The zero-order valence-corrected chi connectivity index (χ0v) is 18.5. The molecule has 26 heavy (non-hydrogen) atoms. The van der Waals surface area contributed by atoms with E-state index in [4.69, 9.17) is 4.74 Å². The van der Waals surface area contributed by atoms with Crippen molar-refractivity contribution in [1.29, 1.82) is 0 Å². The number of unbranched alkanes of at least 4 members (excludes halogenated alkanes) is 3. The summed E-state index contributed by atoms with van der Waals surface area (Å²) in [6, 6.07) is 0. The van der Waals surface area contributed by atoms with Gasteiger partial charge in [-0.05, 0) is 55.3 Å². The van der Waals surface area contributed by atoms with Crippen molar-refractivity contribution in [2.45, 2.75) is 124 Å². The molecule has 4 unspecified atom stereocenters. The van der Waals surface area contributed by atoms with Crippen LogP contribution in [0.1, 0.15) is 118 Å². The molecule has 1 heteroatoms. The standard InChI is InChI=1S/C25H48O/c1-5-7-9-19-26-25-18-17-24(20(3)21(25)4)16-15-23-13-11-22(12-14-23)10-8-6-2/h20-25H,5-19H2,1-4H3. The summed E-state index contributed by atoms with van der Waals surface area (Å²) in [5.74, 6) is 4.66. The molecule has 2 fully saturated rings. The molecule has 2 aliphatic rings. The van der Waals surface area contributed by atoms with Gasteiger partial charge in [0.2, 0.25) is 0 Å². The van der Waals surface area contributed by atoms with E-state index < -0.39 is 0 Å². The SMILES string of the molecule is CCCCCOC1CCC(CCC2CCC(CCCC)CC2)C(C)C1C. The van der Waals surface area contributed by atoms with Gasteiger partial charge in [0, 0.05) is 6.61 Å². The third-order valence-electron chi connectivity index (χ3n) is 7.94. The van der Waals surface area contributed by atoms with Crippen LogP contribution in [0.2, 0.25) is 0 Å². The molecule has 0 heterocycles. The van der Waals surface area contributed by atoms with E-state index in [2.05, 4.69) is 27.7 Å². The lowest BCUT2D eigenvalue weighted by Gasteiger charge is -2.40. The van der Waals surface area contributed by atoms with Gasteiger partial charge in [-0.1, -0.05) is 91.9 Å². The molecule has 0 saturated heterocycles. The van der Waals surface area contributed by atoms with Crippen molar-refractivity contribution in [2.24, 2.45) is 29.6 Å². The highest BCUT2D eigenvalue weighted by atomic mass is 16.5. The number of hydrogen-bond acceptors (Lipinski definition) is 1. The Morgan fingerprint density at radius 2 is 1.31 bits per heavy atom. The number of hydrogen-bond donors (Lipinski definition) is 0. The van der Waals surface area contributed by atoms with E-state index >= 15 is 0 Å². The molecule has 0 aromatic rings. The van der Waals surface area contributed by atoms with Gasteiger partial charge >= 0.3 is 0 Å². The average Bonchev–Trinajstić information content (AvgIpc) is 2.67. The van der Waals surface area contributed by atoms with Gasteiger partial charge in [0.25, 0.3) is 0 Å². The summed E-state index contributed by atoms with van der Waals surface area (Å²) < 4.78 is 6.25. The first kappa shape index (κ1) is 22.3. The van der Waals surface area contributed by atoms with E-state index in [0.29, 0.717) is 6.10 Å². The van der Waals surface area contributed by atoms with Crippen LogP contribution in [0.3, 0.4) is 0 Å². The third kappa shape index (κ3) is 7.17. The van der Waals surface area contributed by atoms with Gasteiger partial charge in [0.15, 0.2) is 0 Å². The predicted octanol–water partition coefficient (Wildman–Crippen LogP) is 8.02. The minimum Gasteiger partial charge on any atom is -0.378 e. The molecule has 0 spiro atoms. The molecule has 4 atom stereocenters. The second-order valence-corrected chi connectivity index (χ2v) is 9.78. The zero-order valence-electron chi connectivity index (χ0n) is 18.5. The van der Waals surface area contributed by atoms with Crippen LogP contribution in [0.25, 0.3) is 0 Å². The Bertz CT molecular complexity index is 344. The Labute approximate surface area is 165 Å². The minimum absolute atomic E-state index is 0.534. The van der Waals surface area contributed by atoms with Crippen molar-refractivity contribution in [3.63, 3.8) is 0 Å². The fourth-order valence-corrected chi connectivity index (χ4v) is 5.65. The van der Waals surface area contributed by atoms with Gasteiger partial charge in [-0.15, -0.1) is 0 Å². The Morgan fingerprint density at radius 1 is 0.654 bits per heavy atom. The van der Waals surface area contributed by atoms with E-state index in [1.807, 2.05) is 0 Å². The van der Waals surface area contributed by atoms with Crippen LogP contribution < -0.4 is 0 Å². The molecule has 0 aliphatic heterocycles. The summed E-state index contributed by atoms with van der Waals surface area (Å²) in [7, 11) is 0. The van der Waals surface area contributed by atoms with E-state index in [1.54, 1.807) is 0 Å². The Balaban J connectivity index is 1.63. The highest BCUT2D eigenvalue weighted by Gasteiger charge is 2.34. The first-order valence-corrected chi connectivity index (χ1v) is 12.3. The van der Waals surface area contributed by atoms with E-state index in [-0.39, 0.29) is 0 Å². The average molecular weight is 365 g/mol. The fraction of sp³-hybridized carbons (Fsp3) is 1.00. The second-order valence-electron chi connectivity index (χ2n) is 9.78. The molecular formula is C25H48O. The Morgan fingerprint density at radius 3 is 1.96 bits per heavy atom. The van der Waals surface area contributed by atoms with Crippen LogP contribution >= 0.6 is 0 Å². The maximum absolute atomic E-state index is 6.25. The quantitative estimate of drug-likeness (QED) is 0.337. The van der Waals surface area contributed by atoms with Crippen LogP contribution in [0.4, 0.5) is 0 Å². The van der Waals surface area contributed by atoms with Gasteiger partial charge in [-0.25, -0.2) is 0 Å². The lowest BCUT2D eigenvalue weighted by Crippen LogP contribution is -2.37. The van der Waals surface area contributed by atoms with Gasteiger partial charge in [0.1, 0.15) is 0 Å². The predicted molar refractivity (Wildman–Crippen MR) is 115 cm³/mol. The normalized spacial score (nSPS) is 35.5. The lowest BCUT2D eigenvalue weighted by molar-refractivity contribution is -0.0442. The molecule has 0 amide bonds. The zero-order chi connectivity index (χ0) is 18.8. The van der Waals surface area contributed by atoms with Crippen LogP contribution in [-0.2, 0) is 4.74 Å². The van der Waals surface area contributed by atoms with Crippen LogP contribution in [0, 0.1) is 29.6 Å². The van der Waals surface area contributed by atoms with Crippen LogP contribution in [0.15, 0.2) is 0 Å².